The highest BCUT2D eigenvalue weighted by Gasteiger charge is 2.24. The molecule has 1 unspecified atom stereocenters. The maximum absolute atomic E-state index is 12.8. The highest BCUT2D eigenvalue weighted by molar-refractivity contribution is 7.89. The van der Waals surface area contributed by atoms with Gasteiger partial charge in [0, 0.05) is 12.6 Å². The molecular weight excluding hydrogens is 388 g/mol. The minimum Gasteiger partial charge on any atom is -0.465 e. The number of sulfonamides is 1. The first-order valence-electron chi connectivity index (χ1n) is 8.43. The Hall–Kier alpha value is -1.93. The van der Waals surface area contributed by atoms with Gasteiger partial charge in [0.25, 0.3) is 0 Å². The van der Waals surface area contributed by atoms with E-state index in [4.69, 9.17) is 4.74 Å². The van der Waals surface area contributed by atoms with E-state index in [9.17, 15) is 13.2 Å². The van der Waals surface area contributed by atoms with Crippen molar-refractivity contribution in [3.8, 4) is 0 Å². The summed E-state index contributed by atoms with van der Waals surface area (Å²) >= 11 is 0. The van der Waals surface area contributed by atoms with Crippen molar-refractivity contribution in [1.29, 1.82) is 0 Å². The van der Waals surface area contributed by atoms with E-state index in [1.807, 2.05) is 18.2 Å². The van der Waals surface area contributed by atoms with Crippen molar-refractivity contribution < 1.29 is 17.9 Å². The molecule has 146 valence electrons. The lowest BCUT2D eigenvalue weighted by Gasteiger charge is -2.27. The third kappa shape index (κ3) is 4.50. The molecule has 0 spiro atoms. The predicted octanol–water partition coefficient (Wildman–Crippen LogP) is 2.37. The summed E-state index contributed by atoms with van der Waals surface area (Å²) in [5.41, 5.74) is 2.97. The molecule has 1 heterocycles. The molecule has 0 fully saturated rings. The monoisotopic (exact) mass is 410 g/mol. The quantitative estimate of drug-likeness (QED) is 0.739. The van der Waals surface area contributed by atoms with Crippen LogP contribution in [0, 0.1) is 6.92 Å². The van der Waals surface area contributed by atoms with E-state index in [2.05, 4.69) is 16.1 Å². The van der Waals surface area contributed by atoms with Crippen LogP contribution in [0.4, 0.5) is 0 Å². The summed E-state index contributed by atoms with van der Waals surface area (Å²) in [5.74, 6) is -0.553. The second-order valence-corrected chi connectivity index (χ2v) is 7.96. The highest BCUT2D eigenvalue weighted by atomic mass is 35.5. The normalized spacial score (nSPS) is 16.1. The van der Waals surface area contributed by atoms with Crippen molar-refractivity contribution in [3.63, 3.8) is 0 Å². The molecule has 1 atom stereocenters. The SMILES string of the molecule is COC(=O)c1cccc(S(=O)(=O)NCC2NCCc3ccccc32)c1C.Cl. The zero-order valence-electron chi connectivity index (χ0n) is 15.2. The van der Waals surface area contributed by atoms with E-state index in [1.54, 1.807) is 19.1 Å². The molecule has 2 aromatic carbocycles. The molecule has 27 heavy (non-hydrogen) atoms. The van der Waals surface area contributed by atoms with Crippen molar-refractivity contribution in [2.75, 3.05) is 20.2 Å². The van der Waals surface area contributed by atoms with Crippen LogP contribution in [0.2, 0.25) is 0 Å². The summed E-state index contributed by atoms with van der Waals surface area (Å²) < 4.78 is 32.9. The molecule has 2 N–H and O–H groups in total. The smallest absolute Gasteiger partial charge is 0.338 e. The van der Waals surface area contributed by atoms with Crippen LogP contribution in [0.15, 0.2) is 47.4 Å². The van der Waals surface area contributed by atoms with Crippen molar-refractivity contribution in [3.05, 3.63) is 64.7 Å². The molecular formula is C19H23ClN2O4S. The molecule has 3 rings (SSSR count). The van der Waals surface area contributed by atoms with E-state index in [1.165, 1.54) is 18.7 Å². The fourth-order valence-electron chi connectivity index (χ4n) is 3.28. The van der Waals surface area contributed by atoms with E-state index in [0.29, 0.717) is 5.56 Å². The zero-order valence-corrected chi connectivity index (χ0v) is 16.8. The van der Waals surface area contributed by atoms with Crippen LogP contribution in [-0.4, -0.2) is 34.6 Å². The van der Waals surface area contributed by atoms with Gasteiger partial charge in [-0.1, -0.05) is 30.3 Å². The molecule has 1 aliphatic heterocycles. The molecule has 2 aromatic rings. The number of hydrogen-bond acceptors (Lipinski definition) is 5. The molecule has 8 heteroatoms. The van der Waals surface area contributed by atoms with Crippen molar-refractivity contribution in [1.82, 2.24) is 10.0 Å². The van der Waals surface area contributed by atoms with Gasteiger partial charge in [-0.15, -0.1) is 12.4 Å². The van der Waals surface area contributed by atoms with E-state index in [0.717, 1.165) is 18.5 Å². The minimum atomic E-state index is -3.75. The number of halogens is 1. The maximum atomic E-state index is 12.8. The Balaban J connectivity index is 0.00000261. The Morgan fingerprint density at radius 1 is 1.22 bits per heavy atom. The number of methoxy groups -OCH3 is 1. The van der Waals surface area contributed by atoms with Gasteiger partial charge >= 0.3 is 5.97 Å². The van der Waals surface area contributed by atoms with Crippen LogP contribution in [0.5, 0.6) is 0 Å². The average molecular weight is 411 g/mol. The number of esters is 1. The molecule has 0 radical (unpaired) electrons. The topological polar surface area (TPSA) is 84.5 Å². The molecule has 0 bridgehead atoms. The summed E-state index contributed by atoms with van der Waals surface area (Å²) in [6.45, 7) is 2.65. The summed E-state index contributed by atoms with van der Waals surface area (Å²) in [7, 11) is -2.48. The highest BCUT2D eigenvalue weighted by Crippen LogP contribution is 2.24. The molecule has 0 saturated heterocycles. The number of ether oxygens (including phenoxy) is 1. The first kappa shape index (κ1) is 21.4. The lowest BCUT2D eigenvalue weighted by molar-refractivity contribution is 0.0599. The molecule has 6 nitrogen and oxygen atoms in total. The standard InChI is InChI=1S/C19H22N2O4S.ClH/c1-13-15(19(22)25-2)8-5-9-18(13)26(23,24)21-12-17-16-7-4-3-6-14(16)10-11-20-17;/h3-9,17,20-21H,10-12H2,1-2H3;1H. The van der Waals surface area contributed by atoms with Gasteiger partial charge in [0.05, 0.1) is 17.6 Å². The van der Waals surface area contributed by atoms with Crippen LogP contribution >= 0.6 is 12.4 Å². The maximum Gasteiger partial charge on any atom is 0.338 e. The van der Waals surface area contributed by atoms with Gasteiger partial charge in [0.15, 0.2) is 0 Å². The first-order chi connectivity index (χ1) is 12.4. The summed E-state index contributed by atoms with van der Waals surface area (Å²) in [6, 6.07) is 12.5. The number of carbonyl (C=O) groups is 1. The number of nitrogens with one attached hydrogen (secondary N) is 2. The lowest BCUT2D eigenvalue weighted by Crippen LogP contribution is -2.39. The van der Waals surface area contributed by atoms with Gasteiger partial charge in [-0.3, -0.25) is 0 Å². The minimum absolute atomic E-state index is 0. The summed E-state index contributed by atoms with van der Waals surface area (Å²) in [5, 5.41) is 3.35. The van der Waals surface area contributed by atoms with Crippen molar-refractivity contribution in [2.24, 2.45) is 0 Å². The van der Waals surface area contributed by atoms with Crippen LogP contribution in [0.1, 0.15) is 33.1 Å². The average Bonchev–Trinajstić information content (AvgIpc) is 2.65. The van der Waals surface area contributed by atoms with E-state index < -0.39 is 16.0 Å². The van der Waals surface area contributed by atoms with Gasteiger partial charge < -0.3 is 10.1 Å². The Labute approximate surface area is 165 Å². The van der Waals surface area contributed by atoms with Gasteiger partial charge in [-0.2, -0.15) is 0 Å². The Bertz CT molecular complexity index is 931. The molecule has 0 aromatic heterocycles. The Kier molecular flexibility index (Phi) is 7.00. The predicted molar refractivity (Wildman–Crippen MR) is 106 cm³/mol. The number of fused-ring (bicyclic) bond motifs is 1. The number of hydrogen-bond donors (Lipinski definition) is 2. The third-order valence-corrected chi connectivity index (χ3v) is 6.24. The molecule has 0 aliphatic carbocycles. The molecule has 1 aliphatic rings. The van der Waals surface area contributed by atoms with Crippen LogP contribution < -0.4 is 10.0 Å². The largest absolute Gasteiger partial charge is 0.465 e. The van der Waals surface area contributed by atoms with E-state index in [-0.39, 0.29) is 35.5 Å². The summed E-state index contributed by atoms with van der Waals surface area (Å²) in [6.07, 6.45) is 0.930. The fourth-order valence-corrected chi connectivity index (χ4v) is 4.59. The number of rotatable bonds is 5. The number of carbonyl (C=O) groups excluding carboxylic acids is 1. The van der Waals surface area contributed by atoms with Crippen LogP contribution in [-0.2, 0) is 21.2 Å². The van der Waals surface area contributed by atoms with Gasteiger partial charge in [0.2, 0.25) is 10.0 Å². The second kappa shape index (κ2) is 8.84. The van der Waals surface area contributed by atoms with Gasteiger partial charge in [-0.05, 0) is 48.7 Å². The Morgan fingerprint density at radius 3 is 2.70 bits per heavy atom. The second-order valence-electron chi connectivity index (χ2n) is 6.23. The van der Waals surface area contributed by atoms with Crippen molar-refractivity contribution >= 4 is 28.4 Å². The molecule has 0 saturated carbocycles. The summed E-state index contributed by atoms with van der Waals surface area (Å²) in [4.78, 5) is 11.9. The zero-order chi connectivity index (χ0) is 18.7. The molecule has 0 amide bonds. The number of benzene rings is 2. The first-order valence-corrected chi connectivity index (χ1v) is 9.91. The van der Waals surface area contributed by atoms with E-state index >= 15 is 0 Å². The van der Waals surface area contributed by atoms with Gasteiger partial charge in [0.1, 0.15) is 0 Å². The Morgan fingerprint density at radius 2 is 1.96 bits per heavy atom. The van der Waals surface area contributed by atoms with Crippen LogP contribution in [0.3, 0.4) is 0 Å². The van der Waals surface area contributed by atoms with Crippen LogP contribution in [0.25, 0.3) is 0 Å². The lowest BCUT2D eigenvalue weighted by atomic mass is 9.95. The van der Waals surface area contributed by atoms with Gasteiger partial charge in [-0.25, -0.2) is 17.9 Å². The van der Waals surface area contributed by atoms with Crippen molar-refractivity contribution in [2.45, 2.75) is 24.3 Å². The fraction of sp³-hybridized carbons (Fsp3) is 0.316. The third-order valence-electron chi connectivity index (χ3n) is 4.67.